The van der Waals surface area contributed by atoms with Crippen molar-refractivity contribution in [3.63, 3.8) is 0 Å². The summed E-state index contributed by atoms with van der Waals surface area (Å²) < 4.78 is 10.9. The van der Waals surface area contributed by atoms with Gasteiger partial charge in [0, 0.05) is 25.7 Å². The van der Waals surface area contributed by atoms with Gasteiger partial charge in [-0.05, 0) is 33.7 Å². The van der Waals surface area contributed by atoms with Crippen molar-refractivity contribution < 1.29 is 9.47 Å². The molecule has 0 radical (unpaired) electrons. The van der Waals surface area contributed by atoms with Crippen LogP contribution in [-0.4, -0.2) is 56.5 Å². The zero-order valence-corrected chi connectivity index (χ0v) is 11.0. The van der Waals surface area contributed by atoms with Gasteiger partial charge < -0.3 is 15.2 Å². The van der Waals surface area contributed by atoms with Gasteiger partial charge in [-0.15, -0.1) is 0 Å². The van der Waals surface area contributed by atoms with Crippen molar-refractivity contribution in [1.29, 1.82) is 0 Å². The van der Waals surface area contributed by atoms with Crippen LogP contribution in [0.25, 0.3) is 0 Å². The van der Waals surface area contributed by atoms with Gasteiger partial charge in [0.2, 0.25) is 0 Å². The first-order chi connectivity index (χ1) is 7.54. The van der Waals surface area contributed by atoms with Crippen LogP contribution in [0.3, 0.4) is 0 Å². The van der Waals surface area contributed by atoms with E-state index in [4.69, 9.17) is 15.2 Å². The van der Waals surface area contributed by atoms with E-state index in [1.165, 1.54) is 0 Å². The van der Waals surface area contributed by atoms with E-state index in [0.29, 0.717) is 6.54 Å². The lowest BCUT2D eigenvalue weighted by Gasteiger charge is -2.48. The molecule has 0 aliphatic carbocycles. The summed E-state index contributed by atoms with van der Waals surface area (Å²) in [5.74, 6) is 0. The van der Waals surface area contributed by atoms with Crippen molar-refractivity contribution in [2.75, 3.05) is 33.9 Å². The zero-order chi connectivity index (χ0) is 12.2. The standard InChI is InChI=1S/C12H26N2O2/c1-10-7-12(9-13,8-11(2)16-10)14(3)5-6-15-4/h10-11H,5-9,13H2,1-4H3. The minimum atomic E-state index is 0.0790. The second-order valence-electron chi connectivity index (χ2n) is 5.01. The van der Waals surface area contributed by atoms with Gasteiger partial charge in [0.1, 0.15) is 0 Å². The topological polar surface area (TPSA) is 47.7 Å². The summed E-state index contributed by atoms with van der Waals surface area (Å²) in [5.41, 5.74) is 6.08. The highest BCUT2D eigenvalue weighted by atomic mass is 16.5. The van der Waals surface area contributed by atoms with Gasteiger partial charge in [-0.25, -0.2) is 0 Å². The lowest BCUT2D eigenvalue weighted by Crippen LogP contribution is -2.59. The molecule has 1 saturated heterocycles. The Morgan fingerprint density at radius 2 is 1.94 bits per heavy atom. The van der Waals surface area contributed by atoms with Crippen LogP contribution in [0.4, 0.5) is 0 Å². The van der Waals surface area contributed by atoms with Crippen LogP contribution >= 0.6 is 0 Å². The monoisotopic (exact) mass is 230 g/mol. The fourth-order valence-electron chi connectivity index (χ4n) is 2.75. The molecule has 1 aliphatic heterocycles. The van der Waals surface area contributed by atoms with Crippen LogP contribution in [-0.2, 0) is 9.47 Å². The molecule has 2 unspecified atom stereocenters. The number of nitrogens with two attached hydrogens (primary N) is 1. The van der Waals surface area contributed by atoms with E-state index in [-0.39, 0.29) is 17.7 Å². The lowest BCUT2D eigenvalue weighted by molar-refractivity contribution is -0.0998. The van der Waals surface area contributed by atoms with Crippen LogP contribution in [0, 0.1) is 0 Å². The quantitative estimate of drug-likeness (QED) is 0.760. The molecule has 96 valence electrons. The Bertz CT molecular complexity index is 201. The fraction of sp³-hybridized carbons (Fsp3) is 1.00. The van der Waals surface area contributed by atoms with E-state index in [0.717, 1.165) is 26.0 Å². The summed E-state index contributed by atoms with van der Waals surface area (Å²) >= 11 is 0. The highest BCUT2D eigenvalue weighted by Crippen LogP contribution is 2.32. The van der Waals surface area contributed by atoms with Crippen LogP contribution in [0.15, 0.2) is 0 Å². The Hall–Kier alpha value is -0.160. The molecule has 0 spiro atoms. The predicted octanol–water partition coefficient (Wildman–Crippen LogP) is 0.850. The Morgan fingerprint density at radius 1 is 1.38 bits per heavy atom. The normalized spacial score (nSPS) is 35.6. The van der Waals surface area contributed by atoms with Gasteiger partial charge in [0.05, 0.1) is 18.8 Å². The van der Waals surface area contributed by atoms with E-state index < -0.39 is 0 Å². The third-order valence-electron chi connectivity index (χ3n) is 3.62. The molecule has 4 nitrogen and oxygen atoms in total. The molecule has 4 heteroatoms. The van der Waals surface area contributed by atoms with Gasteiger partial charge in [-0.1, -0.05) is 0 Å². The van der Waals surface area contributed by atoms with Gasteiger partial charge >= 0.3 is 0 Å². The second kappa shape index (κ2) is 5.96. The number of likely N-dealkylation sites (N-methyl/N-ethyl adjacent to an activating group) is 1. The third kappa shape index (κ3) is 3.17. The Labute approximate surface area is 99.1 Å². The lowest BCUT2D eigenvalue weighted by atomic mass is 9.83. The smallest absolute Gasteiger partial charge is 0.0589 e. The van der Waals surface area contributed by atoms with Crippen LogP contribution in [0.5, 0.6) is 0 Å². The SMILES string of the molecule is COCCN(C)C1(CN)CC(C)OC(C)C1. The molecular weight excluding hydrogens is 204 g/mol. The molecule has 1 aliphatic rings. The van der Waals surface area contributed by atoms with E-state index >= 15 is 0 Å². The van der Waals surface area contributed by atoms with Gasteiger partial charge in [0.15, 0.2) is 0 Å². The molecule has 2 N–H and O–H groups in total. The maximum absolute atomic E-state index is 6.00. The predicted molar refractivity (Wildman–Crippen MR) is 65.5 cm³/mol. The number of rotatable bonds is 5. The Kier molecular flexibility index (Phi) is 5.18. The summed E-state index contributed by atoms with van der Waals surface area (Å²) in [7, 11) is 3.87. The molecule has 16 heavy (non-hydrogen) atoms. The first-order valence-corrected chi connectivity index (χ1v) is 6.10. The largest absolute Gasteiger partial charge is 0.383 e. The molecule has 0 aromatic rings. The Balaban J connectivity index is 2.67. The van der Waals surface area contributed by atoms with E-state index in [2.05, 4.69) is 25.8 Å². The maximum Gasteiger partial charge on any atom is 0.0589 e. The number of methoxy groups -OCH3 is 1. The molecule has 0 aromatic heterocycles. The first kappa shape index (κ1) is 13.9. The molecule has 1 fully saturated rings. The van der Waals surface area contributed by atoms with Crippen LogP contribution in [0.2, 0.25) is 0 Å². The molecule has 0 amide bonds. The molecule has 0 saturated carbocycles. The van der Waals surface area contributed by atoms with Crippen molar-refractivity contribution in [2.24, 2.45) is 5.73 Å². The number of hydrogen-bond acceptors (Lipinski definition) is 4. The fourth-order valence-corrected chi connectivity index (χ4v) is 2.75. The van der Waals surface area contributed by atoms with Gasteiger partial charge in [-0.2, -0.15) is 0 Å². The van der Waals surface area contributed by atoms with Crippen molar-refractivity contribution in [3.05, 3.63) is 0 Å². The summed E-state index contributed by atoms with van der Waals surface area (Å²) in [6.45, 7) is 6.62. The first-order valence-electron chi connectivity index (χ1n) is 6.10. The molecule has 1 rings (SSSR count). The maximum atomic E-state index is 6.00. The highest BCUT2D eigenvalue weighted by molar-refractivity contribution is 4.96. The number of nitrogens with zero attached hydrogens (tertiary/aromatic N) is 1. The zero-order valence-electron chi connectivity index (χ0n) is 11.0. The second-order valence-corrected chi connectivity index (χ2v) is 5.01. The summed E-state index contributed by atoms with van der Waals surface area (Å²) in [6.07, 6.45) is 2.59. The molecule has 0 bridgehead atoms. The van der Waals surface area contributed by atoms with Crippen molar-refractivity contribution in [3.8, 4) is 0 Å². The molecule has 1 heterocycles. The summed E-state index contributed by atoms with van der Waals surface area (Å²) in [5, 5.41) is 0. The van der Waals surface area contributed by atoms with Crippen LogP contribution < -0.4 is 5.73 Å². The summed E-state index contributed by atoms with van der Waals surface area (Å²) in [4.78, 5) is 2.34. The van der Waals surface area contributed by atoms with E-state index in [9.17, 15) is 0 Å². The minimum Gasteiger partial charge on any atom is -0.383 e. The van der Waals surface area contributed by atoms with E-state index in [1.54, 1.807) is 7.11 Å². The third-order valence-corrected chi connectivity index (χ3v) is 3.62. The average Bonchev–Trinajstić information content (AvgIpc) is 2.24. The Morgan fingerprint density at radius 3 is 2.38 bits per heavy atom. The van der Waals surface area contributed by atoms with Crippen molar-refractivity contribution in [2.45, 2.75) is 44.4 Å². The van der Waals surface area contributed by atoms with Crippen LogP contribution in [0.1, 0.15) is 26.7 Å². The van der Waals surface area contributed by atoms with Crippen molar-refractivity contribution in [1.82, 2.24) is 4.90 Å². The highest BCUT2D eigenvalue weighted by Gasteiger charge is 2.40. The number of hydrogen-bond donors (Lipinski definition) is 1. The number of ether oxygens (including phenoxy) is 2. The minimum absolute atomic E-state index is 0.0790. The molecule has 0 aromatic carbocycles. The molecular formula is C12H26N2O2. The molecule has 2 atom stereocenters. The van der Waals surface area contributed by atoms with E-state index in [1.807, 2.05) is 0 Å². The average molecular weight is 230 g/mol. The van der Waals surface area contributed by atoms with Gasteiger partial charge in [-0.3, -0.25) is 4.90 Å². The van der Waals surface area contributed by atoms with Crippen molar-refractivity contribution >= 4 is 0 Å². The summed E-state index contributed by atoms with van der Waals surface area (Å²) in [6, 6.07) is 0. The van der Waals surface area contributed by atoms with Gasteiger partial charge in [0.25, 0.3) is 0 Å².